The van der Waals surface area contributed by atoms with Crippen LogP contribution in [-0.4, -0.2) is 15.0 Å². The molecule has 4 nitrogen and oxygen atoms in total. The minimum absolute atomic E-state index is 0.0207. The van der Waals surface area contributed by atoms with Gasteiger partial charge in [-0.05, 0) is 32.6 Å². The van der Waals surface area contributed by atoms with E-state index in [4.69, 9.17) is 0 Å². The van der Waals surface area contributed by atoms with E-state index in [1.54, 1.807) is 12.3 Å². The monoisotopic (exact) mass is 229 g/mol. The van der Waals surface area contributed by atoms with Crippen LogP contribution in [0.5, 0.6) is 0 Å². The van der Waals surface area contributed by atoms with Crippen LogP contribution < -0.4 is 5.43 Å². The van der Waals surface area contributed by atoms with Gasteiger partial charge in [-0.25, -0.2) is 4.98 Å². The number of rotatable bonds is 1. The lowest BCUT2D eigenvalue weighted by molar-refractivity contribution is 0.667. The van der Waals surface area contributed by atoms with E-state index in [2.05, 4.69) is 15.0 Å². The highest BCUT2D eigenvalue weighted by molar-refractivity contribution is 5.54. The first-order valence-corrected chi connectivity index (χ1v) is 6.01. The zero-order chi connectivity index (χ0) is 11.8. The fourth-order valence-corrected chi connectivity index (χ4v) is 2.34. The van der Waals surface area contributed by atoms with Crippen LogP contribution in [-0.2, 0) is 12.8 Å². The van der Waals surface area contributed by atoms with Gasteiger partial charge in [0.2, 0.25) is 0 Å². The van der Waals surface area contributed by atoms with Gasteiger partial charge in [-0.15, -0.1) is 0 Å². The topological polar surface area (TPSA) is 61.5 Å². The van der Waals surface area contributed by atoms with Crippen molar-refractivity contribution in [3.63, 3.8) is 0 Å². The standard InChI is InChI=1S/C13H15N3O/c1-8-6-12(17)9(7-14-8)13-15-10-4-2-3-5-11(10)16-13/h6-7H,2-5H2,1H3,(H,14,17)(H,15,16). The van der Waals surface area contributed by atoms with Gasteiger partial charge in [0.25, 0.3) is 0 Å². The molecule has 0 unspecified atom stereocenters. The zero-order valence-electron chi connectivity index (χ0n) is 9.84. The molecule has 2 aromatic heterocycles. The van der Waals surface area contributed by atoms with E-state index in [0.29, 0.717) is 11.4 Å². The number of fused-ring (bicyclic) bond motifs is 1. The first-order valence-electron chi connectivity index (χ1n) is 6.01. The summed E-state index contributed by atoms with van der Waals surface area (Å²) in [5, 5.41) is 0. The number of imidazole rings is 1. The van der Waals surface area contributed by atoms with Gasteiger partial charge in [-0.3, -0.25) is 4.79 Å². The van der Waals surface area contributed by atoms with Gasteiger partial charge in [0.05, 0.1) is 11.3 Å². The number of hydrogen-bond donors (Lipinski definition) is 2. The molecule has 0 amide bonds. The Morgan fingerprint density at radius 2 is 2.12 bits per heavy atom. The minimum Gasteiger partial charge on any atom is -0.364 e. The molecule has 0 aromatic carbocycles. The van der Waals surface area contributed by atoms with Crippen LogP contribution >= 0.6 is 0 Å². The van der Waals surface area contributed by atoms with E-state index in [0.717, 1.165) is 24.2 Å². The minimum atomic E-state index is 0.0207. The number of aromatic amines is 2. The van der Waals surface area contributed by atoms with Crippen molar-refractivity contribution in [3.8, 4) is 11.4 Å². The second kappa shape index (κ2) is 3.87. The highest BCUT2D eigenvalue weighted by atomic mass is 16.1. The Hall–Kier alpha value is -1.84. The summed E-state index contributed by atoms with van der Waals surface area (Å²) in [6.07, 6.45) is 6.21. The molecule has 0 saturated heterocycles. The molecular formula is C13H15N3O. The maximum Gasteiger partial charge on any atom is 0.192 e. The maximum absolute atomic E-state index is 11.9. The molecule has 0 saturated carbocycles. The molecule has 2 heterocycles. The molecule has 0 bridgehead atoms. The number of hydrogen-bond acceptors (Lipinski definition) is 2. The summed E-state index contributed by atoms with van der Waals surface area (Å²) in [5.74, 6) is 0.707. The summed E-state index contributed by atoms with van der Waals surface area (Å²) in [5.41, 5.74) is 3.85. The molecule has 4 heteroatoms. The summed E-state index contributed by atoms with van der Waals surface area (Å²) in [4.78, 5) is 22.7. The van der Waals surface area contributed by atoms with Gasteiger partial charge in [0.15, 0.2) is 5.43 Å². The van der Waals surface area contributed by atoms with Crippen molar-refractivity contribution in [1.82, 2.24) is 15.0 Å². The highest BCUT2D eigenvalue weighted by Gasteiger charge is 2.16. The molecule has 0 spiro atoms. The summed E-state index contributed by atoms with van der Waals surface area (Å²) in [6.45, 7) is 1.87. The average Bonchev–Trinajstić information content (AvgIpc) is 2.72. The number of H-pyrrole nitrogens is 2. The van der Waals surface area contributed by atoms with Gasteiger partial charge in [0.1, 0.15) is 5.82 Å². The molecule has 17 heavy (non-hydrogen) atoms. The number of aryl methyl sites for hydroxylation is 3. The Balaban J connectivity index is 2.09. The Labute approximate surface area is 99.1 Å². The molecule has 0 aliphatic heterocycles. The number of nitrogens with zero attached hydrogens (tertiary/aromatic N) is 1. The molecule has 1 aliphatic rings. The van der Waals surface area contributed by atoms with Crippen molar-refractivity contribution in [2.45, 2.75) is 32.6 Å². The van der Waals surface area contributed by atoms with Crippen LogP contribution in [0, 0.1) is 6.92 Å². The molecule has 3 rings (SSSR count). The molecule has 1 aliphatic carbocycles. The molecule has 0 atom stereocenters. The van der Waals surface area contributed by atoms with Crippen molar-refractivity contribution in [2.24, 2.45) is 0 Å². The van der Waals surface area contributed by atoms with Gasteiger partial charge in [0, 0.05) is 23.7 Å². The summed E-state index contributed by atoms with van der Waals surface area (Å²) >= 11 is 0. The quantitative estimate of drug-likeness (QED) is 0.785. The molecule has 0 fully saturated rings. The molecule has 0 radical (unpaired) electrons. The van der Waals surface area contributed by atoms with Crippen molar-refractivity contribution in [3.05, 3.63) is 39.6 Å². The smallest absolute Gasteiger partial charge is 0.192 e. The predicted molar refractivity (Wildman–Crippen MR) is 66.0 cm³/mol. The van der Waals surface area contributed by atoms with Crippen LogP contribution in [0.25, 0.3) is 11.4 Å². The molecule has 88 valence electrons. The van der Waals surface area contributed by atoms with E-state index in [9.17, 15) is 4.79 Å². The first kappa shape index (κ1) is 10.3. The number of aromatic nitrogens is 3. The molecular weight excluding hydrogens is 214 g/mol. The van der Waals surface area contributed by atoms with Crippen LogP contribution in [0.4, 0.5) is 0 Å². The van der Waals surface area contributed by atoms with Crippen molar-refractivity contribution in [1.29, 1.82) is 0 Å². The Morgan fingerprint density at radius 3 is 2.88 bits per heavy atom. The summed E-state index contributed by atoms with van der Waals surface area (Å²) in [7, 11) is 0. The second-order valence-corrected chi connectivity index (χ2v) is 4.61. The second-order valence-electron chi connectivity index (χ2n) is 4.61. The van der Waals surface area contributed by atoms with Gasteiger partial charge in [-0.1, -0.05) is 0 Å². The SMILES string of the molecule is Cc1cc(=O)c(-c2nc3c([nH]2)CCCC3)c[nH]1. The average molecular weight is 229 g/mol. The fourth-order valence-electron chi connectivity index (χ4n) is 2.34. The van der Waals surface area contributed by atoms with Crippen LogP contribution in [0.15, 0.2) is 17.1 Å². The van der Waals surface area contributed by atoms with Crippen molar-refractivity contribution < 1.29 is 0 Å². The number of nitrogens with one attached hydrogen (secondary N) is 2. The third-order valence-electron chi connectivity index (χ3n) is 3.27. The maximum atomic E-state index is 11.9. The van der Waals surface area contributed by atoms with Gasteiger partial charge >= 0.3 is 0 Å². The Kier molecular flexibility index (Phi) is 2.35. The Morgan fingerprint density at radius 1 is 1.29 bits per heavy atom. The van der Waals surface area contributed by atoms with E-state index < -0.39 is 0 Å². The fraction of sp³-hybridized carbons (Fsp3) is 0.385. The lowest BCUT2D eigenvalue weighted by Gasteiger charge is -2.07. The van der Waals surface area contributed by atoms with Crippen LogP contribution in [0.2, 0.25) is 0 Å². The normalized spacial score (nSPS) is 14.6. The predicted octanol–water partition coefficient (Wildman–Crippen LogP) is 1.95. The Bertz CT molecular complexity index is 586. The first-order chi connectivity index (χ1) is 8.24. The van der Waals surface area contributed by atoms with E-state index in [-0.39, 0.29) is 5.43 Å². The van der Waals surface area contributed by atoms with Gasteiger partial charge < -0.3 is 9.97 Å². The summed E-state index contributed by atoms with van der Waals surface area (Å²) < 4.78 is 0. The third-order valence-corrected chi connectivity index (χ3v) is 3.27. The zero-order valence-corrected chi connectivity index (χ0v) is 9.84. The van der Waals surface area contributed by atoms with Crippen molar-refractivity contribution in [2.75, 3.05) is 0 Å². The molecule has 2 aromatic rings. The third kappa shape index (κ3) is 1.79. The lowest BCUT2D eigenvalue weighted by Crippen LogP contribution is -2.06. The van der Waals surface area contributed by atoms with E-state index in [1.165, 1.54) is 18.5 Å². The lowest BCUT2D eigenvalue weighted by atomic mass is 10.0. The van der Waals surface area contributed by atoms with E-state index in [1.807, 2.05) is 6.92 Å². The number of pyridine rings is 1. The van der Waals surface area contributed by atoms with Gasteiger partial charge in [-0.2, -0.15) is 0 Å². The van der Waals surface area contributed by atoms with Crippen molar-refractivity contribution >= 4 is 0 Å². The summed E-state index contributed by atoms with van der Waals surface area (Å²) in [6, 6.07) is 1.61. The van der Waals surface area contributed by atoms with E-state index >= 15 is 0 Å². The highest BCUT2D eigenvalue weighted by Crippen LogP contribution is 2.22. The molecule has 2 N–H and O–H groups in total. The van der Waals surface area contributed by atoms with Crippen LogP contribution in [0.3, 0.4) is 0 Å². The largest absolute Gasteiger partial charge is 0.364 e. The van der Waals surface area contributed by atoms with Crippen LogP contribution in [0.1, 0.15) is 29.9 Å².